The molecule has 96 valence electrons. The molecule has 2 rings (SSSR count). The van der Waals surface area contributed by atoms with Crippen LogP contribution in [0, 0.1) is 6.92 Å². The SMILES string of the molecule is Cc1nnc2nc(N(C)C)nc(C(F)(F)F)c2n1. The number of alkyl halides is 3. The molecular weight excluding hydrogens is 249 g/mol. The summed E-state index contributed by atoms with van der Waals surface area (Å²) in [5, 5.41) is 7.20. The number of aromatic nitrogens is 5. The lowest BCUT2D eigenvalue weighted by molar-refractivity contribution is -0.139. The highest BCUT2D eigenvalue weighted by Crippen LogP contribution is 2.32. The molecule has 2 aromatic heterocycles. The number of rotatable bonds is 1. The molecule has 0 fully saturated rings. The van der Waals surface area contributed by atoms with Crippen LogP contribution in [0.3, 0.4) is 0 Å². The average Bonchev–Trinajstić information content (AvgIpc) is 2.26. The third-order valence-electron chi connectivity index (χ3n) is 2.09. The van der Waals surface area contributed by atoms with Crippen molar-refractivity contribution in [2.75, 3.05) is 19.0 Å². The van der Waals surface area contributed by atoms with E-state index in [1.165, 1.54) is 25.9 Å². The summed E-state index contributed by atoms with van der Waals surface area (Å²) in [7, 11) is 3.08. The molecule has 0 bridgehead atoms. The van der Waals surface area contributed by atoms with Crippen molar-refractivity contribution in [1.29, 1.82) is 0 Å². The molecule has 0 aliphatic carbocycles. The van der Waals surface area contributed by atoms with Gasteiger partial charge in [-0.3, -0.25) is 0 Å². The first-order chi connectivity index (χ1) is 8.29. The molecule has 0 N–H and O–H groups in total. The molecule has 0 amide bonds. The first-order valence-corrected chi connectivity index (χ1v) is 4.92. The Bertz CT molecular complexity index is 595. The van der Waals surface area contributed by atoms with Gasteiger partial charge >= 0.3 is 6.18 Å². The van der Waals surface area contributed by atoms with Gasteiger partial charge in [-0.25, -0.2) is 9.97 Å². The Morgan fingerprint density at radius 1 is 1.00 bits per heavy atom. The second kappa shape index (κ2) is 4.00. The Morgan fingerprint density at radius 2 is 1.67 bits per heavy atom. The lowest BCUT2D eigenvalue weighted by Gasteiger charge is -2.14. The molecule has 2 aromatic rings. The van der Waals surface area contributed by atoms with Crippen molar-refractivity contribution in [3.05, 3.63) is 11.5 Å². The average molecular weight is 258 g/mol. The van der Waals surface area contributed by atoms with E-state index in [0.29, 0.717) is 0 Å². The largest absolute Gasteiger partial charge is 0.435 e. The molecule has 0 unspecified atom stereocenters. The Morgan fingerprint density at radius 3 is 2.22 bits per heavy atom. The molecule has 2 heterocycles. The number of fused-ring (bicyclic) bond motifs is 1. The van der Waals surface area contributed by atoms with Gasteiger partial charge in [-0.2, -0.15) is 18.2 Å². The summed E-state index contributed by atoms with van der Waals surface area (Å²) < 4.78 is 38.7. The van der Waals surface area contributed by atoms with Crippen molar-refractivity contribution in [2.45, 2.75) is 13.1 Å². The zero-order valence-electron chi connectivity index (χ0n) is 9.82. The fraction of sp³-hybridized carbons (Fsp3) is 0.444. The lowest BCUT2D eigenvalue weighted by atomic mass is 10.3. The van der Waals surface area contributed by atoms with Gasteiger partial charge in [0.2, 0.25) is 11.6 Å². The zero-order valence-corrected chi connectivity index (χ0v) is 9.82. The molecule has 0 aliphatic rings. The highest BCUT2D eigenvalue weighted by Gasteiger charge is 2.37. The fourth-order valence-corrected chi connectivity index (χ4v) is 1.31. The Balaban J connectivity index is 2.82. The van der Waals surface area contributed by atoms with E-state index in [2.05, 4.69) is 25.1 Å². The van der Waals surface area contributed by atoms with Crippen LogP contribution in [0.2, 0.25) is 0 Å². The first-order valence-electron chi connectivity index (χ1n) is 4.92. The van der Waals surface area contributed by atoms with E-state index >= 15 is 0 Å². The third kappa shape index (κ3) is 2.15. The number of halogens is 3. The third-order valence-corrected chi connectivity index (χ3v) is 2.09. The lowest BCUT2D eigenvalue weighted by Crippen LogP contribution is -2.18. The minimum Gasteiger partial charge on any atom is -0.347 e. The quantitative estimate of drug-likeness (QED) is 0.765. The molecule has 0 aromatic carbocycles. The molecule has 9 heteroatoms. The zero-order chi connectivity index (χ0) is 13.5. The van der Waals surface area contributed by atoms with Crippen LogP contribution >= 0.6 is 0 Å². The second-order valence-electron chi connectivity index (χ2n) is 3.80. The predicted octanol–water partition coefficient (Wildman–Crippen LogP) is 1.21. The monoisotopic (exact) mass is 258 g/mol. The normalized spacial score (nSPS) is 11.9. The number of hydrogen-bond donors (Lipinski definition) is 0. The second-order valence-corrected chi connectivity index (χ2v) is 3.80. The van der Waals surface area contributed by atoms with E-state index in [9.17, 15) is 13.2 Å². The van der Waals surface area contributed by atoms with Gasteiger partial charge in [-0.15, -0.1) is 10.2 Å². The maximum Gasteiger partial charge on any atom is 0.435 e. The van der Waals surface area contributed by atoms with E-state index in [1.807, 2.05) is 0 Å². The summed E-state index contributed by atoms with van der Waals surface area (Å²) in [6, 6.07) is 0. The summed E-state index contributed by atoms with van der Waals surface area (Å²) in [6.07, 6.45) is -4.62. The van der Waals surface area contributed by atoms with Crippen molar-refractivity contribution in [3.63, 3.8) is 0 Å². The van der Waals surface area contributed by atoms with Gasteiger partial charge in [-0.05, 0) is 6.92 Å². The molecule has 0 saturated heterocycles. The van der Waals surface area contributed by atoms with Crippen LogP contribution in [-0.2, 0) is 6.18 Å². The van der Waals surface area contributed by atoms with Crippen molar-refractivity contribution in [1.82, 2.24) is 25.1 Å². The number of nitrogens with zero attached hydrogens (tertiary/aromatic N) is 6. The van der Waals surface area contributed by atoms with Crippen LogP contribution in [0.4, 0.5) is 19.1 Å². The van der Waals surface area contributed by atoms with Gasteiger partial charge in [0.25, 0.3) is 0 Å². The predicted molar refractivity (Wildman–Crippen MR) is 57.0 cm³/mol. The van der Waals surface area contributed by atoms with Crippen molar-refractivity contribution in [3.8, 4) is 0 Å². The Labute approximate surface area is 99.9 Å². The Kier molecular flexibility index (Phi) is 2.76. The van der Waals surface area contributed by atoms with Gasteiger partial charge < -0.3 is 4.90 Å². The number of hydrogen-bond acceptors (Lipinski definition) is 6. The molecule has 18 heavy (non-hydrogen) atoms. The van der Waals surface area contributed by atoms with Crippen LogP contribution in [0.25, 0.3) is 11.2 Å². The van der Waals surface area contributed by atoms with Crippen LogP contribution < -0.4 is 4.90 Å². The summed E-state index contributed by atoms with van der Waals surface area (Å²) >= 11 is 0. The smallest absolute Gasteiger partial charge is 0.347 e. The highest BCUT2D eigenvalue weighted by atomic mass is 19.4. The fourth-order valence-electron chi connectivity index (χ4n) is 1.31. The maximum absolute atomic E-state index is 12.9. The number of anilines is 1. The van der Waals surface area contributed by atoms with E-state index in [0.717, 1.165) is 0 Å². The summed E-state index contributed by atoms with van der Waals surface area (Å²) in [6.45, 7) is 1.45. The standard InChI is InChI=1S/C9H9F3N6/c1-4-13-5-6(9(10,11)12)14-8(18(2)3)15-7(5)17-16-4/h1-3H3. The van der Waals surface area contributed by atoms with Crippen LogP contribution in [-0.4, -0.2) is 39.2 Å². The van der Waals surface area contributed by atoms with Crippen molar-refractivity contribution >= 4 is 17.1 Å². The molecule has 0 saturated carbocycles. The van der Waals surface area contributed by atoms with Gasteiger partial charge in [0.15, 0.2) is 5.69 Å². The van der Waals surface area contributed by atoms with Crippen LogP contribution in [0.15, 0.2) is 0 Å². The molecular formula is C9H9F3N6. The Hall–Kier alpha value is -2.06. The van der Waals surface area contributed by atoms with Crippen LogP contribution in [0.1, 0.15) is 11.5 Å². The number of aryl methyl sites for hydroxylation is 1. The summed E-state index contributed by atoms with van der Waals surface area (Å²) in [4.78, 5) is 12.4. The summed E-state index contributed by atoms with van der Waals surface area (Å²) in [5.74, 6) is 0.0454. The molecule has 0 atom stereocenters. The topological polar surface area (TPSA) is 67.7 Å². The summed E-state index contributed by atoms with van der Waals surface area (Å²) in [5.41, 5.74) is -1.67. The molecule has 0 aliphatic heterocycles. The van der Waals surface area contributed by atoms with E-state index < -0.39 is 11.9 Å². The van der Waals surface area contributed by atoms with Gasteiger partial charge in [0.1, 0.15) is 11.3 Å². The minimum atomic E-state index is -4.62. The minimum absolute atomic E-state index is 0.0882. The van der Waals surface area contributed by atoms with E-state index in [4.69, 9.17) is 0 Å². The van der Waals surface area contributed by atoms with Crippen molar-refractivity contribution < 1.29 is 13.2 Å². The molecule has 0 radical (unpaired) electrons. The maximum atomic E-state index is 12.9. The van der Waals surface area contributed by atoms with Gasteiger partial charge in [-0.1, -0.05) is 0 Å². The van der Waals surface area contributed by atoms with E-state index in [1.54, 1.807) is 0 Å². The van der Waals surface area contributed by atoms with Gasteiger partial charge in [0.05, 0.1) is 0 Å². The first kappa shape index (κ1) is 12.4. The van der Waals surface area contributed by atoms with Crippen molar-refractivity contribution in [2.24, 2.45) is 0 Å². The highest BCUT2D eigenvalue weighted by molar-refractivity contribution is 5.73. The van der Waals surface area contributed by atoms with Crippen LogP contribution in [0.5, 0.6) is 0 Å². The van der Waals surface area contributed by atoms with E-state index in [-0.39, 0.29) is 22.9 Å². The molecule has 0 spiro atoms. The van der Waals surface area contributed by atoms with Gasteiger partial charge in [0, 0.05) is 14.1 Å². The molecule has 6 nitrogen and oxygen atoms in total.